The predicted octanol–water partition coefficient (Wildman–Crippen LogP) is -2.01. The molecule has 108 valence electrons. The molecule has 1 heterocycles. The predicted molar refractivity (Wildman–Crippen MR) is 62.7 cm³/mol. The number of aliphatic hydroxyl groups excluding tert-OH is 5. The second-order valence-corrected chi connectivity index (χ2v) is 3.70. The van der Waals surface area contributed by atoms with Crippen molar-refractivity contribution < 1.29 is 35.0 Å². The van der Waals surface area contributed by atoms with Crippen LogP contribution in [0.1, 0.15) is 6.92 Å². The van der Waals surface area contributed by atoms with Gasteiger partial charge in [-0.25, -0.2) is 0 Å². The maximum atomic E-state index is 9.42. The Morgan fingerprint density at radius 3 is 2.17 bits per heavy atom. The number of hydrogen-bond acceptors (Lipinski definition) is 7. The van der Waals surface area contributed by atoms with Crippen LogP contribution in [0.3, 0.4) is 0 Å². The summed E-state index contributed by atoms with van der Waals surface area (Å²) in [5, 5.41) is 45.5. The van der Waals surface area contributed by atoms with E-state index in [0.29, 0.717) is 0 Å². The third-order valence-corrected chi connectivity index (χ3v) is 2.22. The van der Waals surface area contributed by atoms with Gasteiger partial charge in [0.25, 0.3) is 0 Å². The zero-order valence-corrected chi connectivity index (χ0v) is 10.3. The van der Waals surface area contributed by atoms with Crippen LogP contribution in [0.25, 0.3) is 0 Å². The zero-order valence-electron chi connectivity index (χ0n) is 10.3. The lowest BCUT2D eigenvalue weighted by molar-refractivity contribution is -0.302. The Morgan fingerprint density at radius 2 is 1.72 bits per heavy atom. The lowest BCUT2D eigenvalue weighted by Gasteiger charge is -2.39. The van der Waals surface area contributed by atoms with E-state index in [4.69, 9.17) is 19.7 Å². The van der Waals surface area contributed by atoms with Gasteiger partial charge >= 0.3 is 0 Å². The monoisotopic (exact) mass is 266 g/mol. The van der Waals surface area contributed by atoms with E-state index in [9.17, 15) is 15.3 Å². The summed E-state index contributed by atoms with van der Waals surface area (Å²) in [6, 6.07) is 0. The molecule has 7 nitrogen and oxygen atoms in total. The van der Waals surface area contributed by atoms with Gasteiger partial charge in [-0.05, 0) is 6.92 Å². The van der Waals surface area contributed by atoms with Crippen LogP contribution in [0, 0.1) is 0 Å². The number of ether oxygens (including phenoxy) is 2. The van der Waals surface area contributed by atoms with Crippen LogP contribution in [0.2, 0.25) is 0 Å². The van der Waals surface area contributed by atoms with Crippen LogP contribution in [0.15, 0.2) is 12.7 Å². The SMILES string of the molecule is C=CC.OCCOC1O[C@H](CO)[C@@H](O)[C@H](O)[C@H]1O. The fourth-order valence-corrected chi connectivity index (χ4v) is 1.37. The van der Waals surface area contributed by atoms with E-state index in [0.717, 1.165) is 0 Å². The molecule has 0 radical (unpaired) electrons. The highest BCUT2D eigenvalue weighted by atomic mass is 16.7. The average Bonchev–Trinajstić information content (AvgIpc) is 2.36. The molecule has 0 saturated carbocycles. The topological polar surface area (TPSA) is 120 Å². The van der Waals surface area contributed by atoms with Crippen LogP contribution in [-0.4, -0.2) is 76.1 Å². The van der Waals surface area contributed by atoms with Gasteiger partial charge in [0, 0.05) is 0 Å². The molecule has 0 aromatic heterocycles. The highest BCUT2D eigenvalue weighted by Crippen LogP contribution is 2.21. The van der Waals surface area contributed by atoms with Crippen molar-refractivity contribution in [1.29, 1.82) is 0 Å². The second-order valence-electron chi connectivity index (χ2n) is 3.70. The molecule has 1 unspecified atom stereocenters. The molecule has 18 heavy (non-hydrogen) atoms. The highest BCUT2D eigenvalue weighted by molar-refractivity contribution is 4.88. The third-order valence-electron chi connectivity index (χ3n) is 2.22. The smallest absolute Gasteiger partial charge is 0.186 e. The first kappa shape index (κ1) is 17.5. The van der Waals surface area contributed by atoms with Gasteiger partial charge in [-0.2, -0.15) is 0 Å². The van der Waals surface area contributed by atoms with Crippen LogP contribution in [0.4, 0.5) is 0 Å². The van der Waals surface area contributed by atoms with E-state index in [1.165, 1.54) is 0 Å². The molecule has 5 atom stereocenters. The molecule has 0 aromatic rings. The summed E-state index contributed by atoms with van der Waals surface area (Å²) < 4.78 is 9.88. The quantitative estimate of drug-likeness (QED) is 0.373. The van der Waals surface area contributed by atoms with Gasteiger partial charge in [0.1, 0.15) is 24.4 Å². The molecular weight excluding hydrogens is 244 g/mol. The minimum atomic E-state index is -1.44. The first-order chi connectivity index (χ1) is 8.53. The number of hydrogen-bond donors (Lipinski definition) is 5. The van der Waals surface area contributed by atoms with Gasteiger partial charge in [0.15, 0.2) is 6.29 Å². The van der Waals surface area contributed by atoms with Crippen molar-refractivity contribution in [2.24, 2.45) is 0 Å². The summed E-state index contributed by atoms with van der Waals surface area (Å²) in [6.07, 6.45) is -4.63. The van der Waals surface area contributed by atoms with Crippen LogP contribution in [-0.2, 0) is 9.47 Å². The van der Waals surface area contributed by atoms with Crippen molar-refractivity contribution in [1.82, 2.24) is 0 Å². The van der Waals surface area contributed by atoms with Gasteiger partial charge in [-0.3, -0.25) is 0 Å². The minimum Gasteiger partial charge on any atom is -0.394 e. The maximum absolute atomic E-state index is 9.42. The van der Waals surface area contributed by atoms with E-state index < -0.39 is 37.3 Å². The summed E-state index contributed by atoms with van der Waals surface area (Å²) >= 11 is 0. The molecule has 1 aliphatic heterocycles. The molecule has 1 rings (SSSR count). The van der Waals surface area contributed by atoms with Crippen molar-refractivity contribution in [3.63, 3.8) is 0 Å². The minimum absolute atomic E-state index is 0.0668. The summed E-state index contributed by atoms with van der Waals surface area (Å²) in [7, 11) is 0. The molecule has 1 aliphatic rings. The van der Waals surface area contributed by atoms with Crippen molar-refractivity contribution in [2.75, 3.05) is 19.8 Å². The number of aliphatic hydroxyl groups is 5. The van der Waals surface area contributed by atoms with Gasteiger partial charge in [0.05, 0.1) is 19.8 Å². The molecule has 1 saturated heterocycles. The van der Waals surface area contributed by atoms with Crippen molar-refractivity contribution in [3.05, 3.63) is 12.7 Å². The third kappa shape index (κ3) is 4.99. The fraction of sp³-hybridized carbons (Fsp3) is 0.818. The second kappa shape index (κ2) is 9.40. The van der Waals surface area contributed by atoms with Gasteiger partial charge in [-0.1, -0.05) is 6.08 Å². The van der Waals surface area contributed by atoms with E-state index in [1.54, 1.807) is 6.08 Å². The summed E-state index contributed by atoms with van der Waals surface area (Å²) in [5.41, 5.74) is 0. The van der Waals surface area contributed by atoms with Crippen LogP contribution >= 0.6 is 0 Å². The van der Waals surface area contributed by atoms with Crippen molar-refractivity contribution in [2.45, 2.75) is 37.6 Å². The Hall–Kier alpha value is -0.540. The summed E-state index contributed by atoms with van der Waals surface area (Å²) in [5.74, 6) is 0. The largest absolute Gasteiger partial charge is 0.394 e. The highest BCUT2D eigenvalue weighted by Gasteiger charge is 2.43. The normalized spacial score (nSPS) is 35.6. The Balaban J connectivity index is 0.000000873. The van der Waals surface area contributed by atoms with Gasteiger partial charge in [0.2, 0.25) is 0 Å². The molecule has 0 spiro atoms. The molecule has 7 heteroatoms. The number of rotatable bonds is 4. The first-order valence-corrected chi connectivity index (χ1v) is 5.63. The molecule has 0 bridgehead atoms. The Morgan fingerprint density at radius 1 is 1.17 bits per heavy atom. The summed E-state index contributed by atoms with van der Waals surface area (Å²) in [6.45, 7) is 4.43. The van der Waals surface area contributed by atoms with Crippen LogP contribution in [0.5, 0.6) is 0 Å². The van der Waals surface area contributed by atoms with Crippen molar-refractivity contribution >= 4 is 0 Å². The molecule has 5 N–H and O–H groups in total. The van der Waals surface area contributed by atoms with E-state index in [1.807, 2.05) is 6.92 Å². The maximum Gasteiger partial charge on any atom is 0.186 e. The zero-order chi connectivity index (χ0) is 14.1. The first-order valence-electron chi connectivity index (χ1n) is 5.63. The molecule has 1 fully saturated rings. The Labute approximate surface area is 106 Å². The standard InChI is InChI=1S/C8H16O7.C3H6/c9-1-2-14-8-7(13)6(12)5(11)4(3-10)15-8;1-3-2/h4-13H,1-3H2;3H,1H2,2H3/t4-,5-,6+,7-,8?;/m1./s1. The molecule has 0 amide bonds. The molecular formula is C11H22O7. The lowest BCUT2D eigenvalue weighted by atomic mass is 9.99. The number of allylic oxidation sites excluding steroid dienone is 1. The molecule has 0 aliphatic carbocycles. The van der Waals surface area contributed by atoms with E-state index in [-0.39, 0.29) is 13.2 Å². The van der Waals surface area contributed by atoms with E-state index >= 15 is 0 Å². The van der Waals surface area contributed by atoms with Crippen molar-refractivity contribution in [3.8, 4) is 0 Å². The lowest BCUT2D eigenvalue weighted by Crippen LogP contribution is -2.59. The molecule has 0 aromatic carbocycles. The Bertz CT molecular complexity index is 221. The van der Waals surface area contributed by atoms with Gasteiger partial charge in [-0.15, -0.1) is 6.58 Å². The van der Waals surface area contributed by atoms with Gasteiger partial charge < -0.3 is 35.0 Å². The van der Waals surface area contributed by atoms with E-state index in [2.05, 4.69) is 6.58 Å². The fourth-order valence-electron chi connectivity index (χ4n) is 1.37. The Kier molecular flexibility index (Phi) is 9.12. The van der Waals surface area contributed by atoms with Crippen LogP contribution < -0.4 is 0 Å². The average molecular weight is 266 g/mol. The summed E-state index contributed by atoms with van der Waals surface area (Å²) in [4.78, 5) is 0.